The fourth-order valence-electron chi connectivity index (χ4n) is 4.05. The van der Waals surface area contributed by atoms with Crippen molar-refractivity contribution in [1.82, 2.24) is 4.90 Å². The van der Waals surface area contributed by atoms with Crippen molar-refractivity contribution >= 4 is 16.7 Å². The number of rotatable bonds is 6. The Morgan fingerprint density at radius 2 is 1.45 bits per heavy atom. The lowest BCUT2D eigenvalue weighted by molar-refractivity contribution is 0.0775. The van der Waals surface area contributed by atoms with Crippen LogP contribution >= 0.6 is 0 Å². The summed E-state index contributed by atoms with van der Waals surface area (Å²) >= 11 is 0. The van der Waals surface area contributed by atoms with Gasteiger partial charge in [-0.05, 0) is 65.1 Å². The van der Waals surface area contributed by atoms with Crippen LogP contribution in [0, 0.1) is 0 Å². The highest BCUT2D eigenvalue weighted by molar-refractivity contribution is 6.13. The van der Waals surface area contributed by atoms with Crippen molar-refractivity contribution in [3.8, 4) is 28.0 Å². The van der Waals surface area contributed by atoms with Crippen molar-refractivity contribution < 1.29 is 9.53 Å². The number of ether oxygens (including phenoxy) is 1. The zero-order valence-electron chi connectivity index (χ0n) is 18.3. The molecule has 0 aliphatic heterocycles. The van der Waals surface area contributed by atoms with Gasteiger partial charge in [0, 0.05) is 13.1 Å². The Balaban J connectivity index is 1.89. The van der Waals surface area contributed by atoms with Crippen LogP contribution in [0.4, 0.5) is 0 Å². The monoisotopic (exact) mass is 409 g/mol. The second-order valence-corrected chi connectivity index (χ2v) is 7.50. The van der Waals surface area contributed by atoms with E-state index in [0.717, 1.165) is 44.3 Å². The maximum atomic E-state index is 13.6. The summed E-state index contributed by atoms with van der Waals surface area (Å²) in [6.45, 7) is 5.42. The minimum absolute atomic E-state index is 0.0756. The van der Waals surface area contributed by atoms with Gasteiger partial charge in [0.1, 0.15) is 5.75 Å². The van der Waals surface area contributed by atoms with E-state index in [9.17, 15) is 4.79 Å². The standard InChI is InChI=1S/C28H27NO2/c1-4-29(5-2)28(30)27-25(21-9-7-6-8-10-21)18-14-23-19-22(13-17-26(23)27)20-11-15-24(31-3)16-12-20/h6-19H,4-5H2,1-3H3. The first kappa shape index (κ1) is 20.7. The molecule has 0 aromatic heterocycles. The minimum atomic E-state index is 0.0756. The second kappa shape index (κ2) is 9.05. The SMILES string of the molecule is CCN(CC)C(=O)c1c(-c2ccccc2)ccc2cc(-c3ccc(OC)cc3)ccc12. The third kappa shape index (κ3) is 4.04. The van der Waals surface area contributed by atoms with E-state index >= 15 is 0 Å². The highest BCUT2D eigenvalue weighted by atomic mass is 16.5. The van der Waals surface area contributed by atoms with Gasteiger partial charge in [0.25, 0.3) is 5.91 Å². The predicted octanol–water partition coefficient (Wildman–Crippen LogP) is 6.66. The molecule has 0 radical (unpaired) electrons. The topological polar surface area (TPSA) is 29.5 Å². The molecule has 1 amide bonds. The summed E-state index contributed by atoms with van der Waals surface area (Å²) in [5, 5.41) is 2.04. The molecule has 4 rings (SSSR count). The second-order valence-electron chi connectivity index (χ2n) is 7.50. The van der Waals surface area contributed by atoms with E-state index < -0.39 is 0 Å². The molecule has 0 heterocycles. The van der Waals surface area contributed by atoms with Gasteiger partial charge in [-0.25, -0.2) is 0 Å². The number of amides is 1. The molecule has 0 spiro atoms. The van der Waals surface area contributed by atoms with Crippen molar-refractivity contribution in [3.05, 3.63) is 90.5 Å². The van der Waals surface area contributed by atoms with Gasteiger partial charge in [0.05, 0.1) is 12.7 Å². The van der Waals surface area contributed by atoms with Crippen LogP contribution in [0.3, 0.4) is 0 Å². The Morgan fingerprint density at radius 3 is 2.10 bits per heavy atom. The average Bonchev–Trinajstić information content (AvgIpc) is 2.84. The molecule has 0 unspecified atom stereocenters. The third-order valence-corrected chi connectivity index (χ3v) is 5.79. The van der Waals surface area contributed by atoms with Crippen LogP contribution in [0.15, 0.2) is 84.9 Å². The fraction of sp³-hybridized carbons (Fsp3) is 0.179. The van der Waals surface area contributed by atoms with E-state index in [1.54, 1.807) is 7.11 Å². The molecule has 0 saturated carbocycles. The Labute approximate surface area is 183 Å². The lowest BCUT2D eigenvalue weighted by atomic mass is 9.91. The first-order chi connectivity index (χ1) is 15.2. The van der Waals surface area contributed by atoms with Crippen molar-refractivity contribution in [2.45, 2.75) is 13.8 Å². The lowest BCUT2D eigenvalue weighted by Gasteiger charge is -2.22. The number of carbonyl (C=O) groups is 1. The summed E-state index contributed by atoms with van der Waals surface area (Å²) in [5.41, 5.74) is 5.03. The Bertz CT molecular complexity index is 1190. The van der Waals surface area contributed by atoms with Gasteiger partial charge in [-0.15, -0.1) is 0 Å². The fourth-order valence-corrected chi connectivity index (χ4v) is 4.05. The first-order valence-electron chi connectivity index (χ1n) is 10.7. The van der Waals surface area contributed by atoms with Gasteiger partial charge in [-0.1, -0.05) is 66.7 Å². The molecule has 0 aliphatic rings. The molecule has 0 bridgehead atoms. The van der Waals surface area contributed by atoms with Crippen molar-refractivity contribution in [2.75, 3.05) is 20.2 Å². The summed E-state index contributed by atoms with van der Waals surface area (Å²) in [4.78, 5) is 15.4. The van der Waals surface area contributed by atoms with Crippen LogP contribution in [-0.2, 0) is 0 Å². The van der Waals surface area contributed by atoms with Gasteiger partial charge >= 0.3 is 0 Å². The Hall–Kier alpha value is -3.59. The smallest absolute Gasteiger partial charge is 0.255 e. The molecule has 0 atom stereocenters. The number of carbonyl (C=O) groups excluding carboxylic acids is 1. The number of fused-ring (bicyclic) bond motifs is 1. The van der Waals surface area contributed by atoms with Gasteiger partial charge in [-0.2, -0.15) is 0 Å². The number of methoxy groups -OCH3 is 1. The van der Waals surface area contributed by atoms with Crippen LogP contribution < -0.4 is 4.74 Å². The van der Waals surface area contributed by atoms with E-state index in [1.165, 1.54) is 0 Å². The summed E-state index contributed by atoms with van der Waals surface area (Å²) in [6, 6.07) is 28.7. The Morgan fingerprint density at radius 1 is 0.774 bits per heavy atom. The number of benzene rings is 4. The van der Waals surface area contributed by atoms with Crippen LogP contribution in [0.25, 0.3) is 33.0 Å². The summed E-state index contributed by atoms with van der Waals surface area (Å²) < 4.78 is 5.27. The van der Waals surface area contributed by atoms with Crippen LogP contribution in [-0.4, -0.2) is 31.0 Å². The third-order valence-electron chi connectivity index (χ3n) is 5.79. The van der Waals surface area contributed by atoms with Crippen LogP contribution in [0.1, 0.15) is 24.2 Å². The predicted molar refractivity (Wildman–Crippen MR) is 129 cm³/mol. The molecule has 0 saturated heterocycles. The molecule has 4 aromatic rings. The summed E-state index contributed by atoms with van der Waals surface area (Å²) in [6.07, 6.45) is 0. The van der Waals surface area contributed by atoms with Crippen LogP contribution in [0.5, 0.6) is 5.75 Å². The van der Waals surface area contributed by atoms with Gasteiger partial charge in [0.15, 0.2) is 0 Å². The number of hydrogen-bond donors (Lipinski definition) is 0. The highest BCUT2D eigenvalue weighted by Gasteiger charge is 2.20. The van der Waals surface area contributed by atoms with E-state index in [0.29, 0.717) is 13.1 Å². The number of hydrogen-bond acceptors (Lipinski definition) is 2. The van der Waals surface area contributed by atoms with Crippen molar-refractivity contribution in [1.29, 1.82) is 0 Å². The molecule has 3 heteroatoms. The largest absolute Gasteiger partial charge is 0.497 e. The molecular formula is C28H27NO2. The zero-order valence-corrected chi connectivity index (χ0v) is 18.3. The Kier molecular flexibility index (Phi) is 6.03. The van der Waals surface area contributed by atoms with Gasteiger partial charge in [0.2, 0.25) is 0 Å². The summed E-state index contributed by atoms with van der Waals surface area (Å²) in [5.74, 6) is 0.913. The van der Waals surface area contributed by atoms with E-state index in [4.69, 9.17) is 4.74 Å². The highest BCUT2D eigenvalue weighted by Crippen LogP contribution is 2.34. The first-order valence-corrected chi connectivity index (χ1v) is 10.7. The molecule has 156 valence electrons. The summed E-state index contributed by atoms with van der Waals surface area (Å²) in [7, 11) is 1.67. The van der Waals surface area contributed by atoms with Gasteiger partial charge < -0.3 is 9.64 Å². The van der Waals surface area contributed by atoms with Gasteiger partial charge in [-0.3, -0.25) is 4.79 Å². The zero-order chi connectivity index (χ0) is 21.8. The quantitative estimate of drug-likeness (QED) is 0.356. The van der Waals surface area contributed by atoms with Crippen LogP contribution in [0.2, 0.25) is 0 Å². The maximum Gasteiger partial charge on any atom is 0.255 e. The van der Waals surface area contributed by atoms with E-state index in [1.807, 2.05) is 49.1 Å². The molecular weight excluding hydrogens is 382 g/mol. The molecule has 31 heavy (non-hydrogen) atoms. The molecule has 4 aromatic carbocycles. The van der Waals surface area contributed by atoms with Crippen molar-refractivity contribution in [3.63, 3.8) is 0 Å². The van der Waals surface area contributed by atoms with E-state index in [-0.39, 0.29) is 5.91 Å². The lowest BCUT2D eigenvalue weighted by Crippen LogP contribution is -2.31. The minimum Gasteiger partial charge on any atom is -0.497 e. The number of nitrogens with zero attached hydrogens (tertiary/aromatic N) is 1. The molecule has 3 nitrogen and oxygen atoms in total. The molecule has 0 aliphatic carbocycles. The normalized spacial score (nSPS) is 10.8. The molecule has 0 N–H and O–H groups in total. The van der Waals surface area contributed by atoms with E-state index in [2.05, 4.69) is 54.6 Å². The molecule has 0 fully saturated rings. The maximum absolute atomic E-state index is 13.6. The van der Waals surface area contributed by atoms with Crippen molar-refractivity contribution in [2.24, 2.45) is 0 Å². The average molecular weight is 410 g/mol.